The SMILES string of the molecule is C[C@H](N[C@H](C)C1CCOCC1)c1ccc2c(-c3ccncc3)c(-c3ccc(F)cc3)nn2c1. The Morgan fingerprint density at radius 3 is 2.42 bits per heavy atom. The van der Waals surface area contributed by atoms with Crippen LogP contribution >= 0.6 is 0 Å². The maximum Gasteiger partial charge on any atom is 0.123 e. The van der Waals surface area contributed by atoms with Crippen LogP contribution < -0.4 is 5.32 Å². The molecular weight excluding hydrogens is 415 g/mol. The summed E-state index contributed by atoms with van der Waals surface area (Å²) in [6.07, 6.45) is 7.88. The van der Waals surface area contributed by atoms with Gasteiger partial charge >= 0.3 is 0 Å². The van der Waals surface area contributed by atoms with Crippen LogP contribution in [-0.4, -0.2) is 33.9 Å². The number of nitrogens with one attached hydrogen (secondary N) is 1. The van der Waals surface area contributed by atoms with Crippen molar-refractivity contribution >= 4 is 5.52 Å². The molecule has 1 aliphatic rings. The average Bonchev–Trinajstić information content (AvgIpc) is 3.24. The van der Waals surface area contributed by atoms with E-state index >= 15 is 0 Å². The highest BCUT2D eigenvalue weighted by atomic mass is 19.1. The predicted molar refractivity (Wildman–Crippen MR) is 128 cm³/mol. The van der Waals surface area contributed by atoms with Crippen LogP contribution in [0.4, 0.5) is 4.39 Å². The van der Waals surface area contributed by atoms with Gasteiger partial charge in [0.2, 0.25) is 0 Å². The van der Waals surface area contributed by atoms with Gasteiger partial charge in [-0.1, -0.05) is 6.07 Å². The zero-order valence-corrected chi connectivity index (χ0v) is 19.0. The number of halogens is 1. The Bertz CT molecular complexity index is 1220. The summed E-state index contributed by atoms with van der Waals surface area (Å²) in [4.78, 5) is 4.16. The highest BCUT2D eigenvalue weighted by molar-refractivity contribution is 5.92. The molecule has 1 N–H and O–H groups in total. The molecule has 1 fully saturated rings. The molecule has 0 bridgehead atoms. The molecule has 1 aromatic carbocycles. The number of rotatable bonds is 6. The summed E-state index contributed by atoms with van der Waals surface area (Å²) in [5.41, 5.74) is 5.95. The van der Waals surface area contributed by atoms with Crippen molar-refractivity contribution in [2.75, 3.05) is 13.2 Å². The number of hydrogen-bond acceptors (Lipinski definition) is 4. The Morgan fingerprint density at radius 1 is 0.970 bits per heavy atom. The van der Waals surface area contributed by atoms with Gasteiger partial charge in [-0.3, -0.25) is 4.98 Å². The third-order valence-electron chi connectivity index (χ3n) is 6.73. The quantitative estimate of drug-likeness (QED) is 0.416. The van der Waals surface area contributed by atoms with Crippen molar-refractivity contribution in [3.63, 3.8) is 0 Å². The minimum absolute atomic E-state index is 0.190. The predicted octanol–water partition coefficient (Wildman–Crippen LogP) is 5.67. The third-order valence-corrected chi connectivity index (χ3v) is 6.73. The summed E-state index contributed by atoms with van der Waals surface area (Å²) < 4.78 is 21.0. The highest BCUT2D eigenvalue weighted by Crippen LogP contribution is 2.35. The van der Waals surface area contributed by atoms with Crippen LogP contribution in [0.3, 0.4) is 0 Å². The maximum absolute atomic E-state index is 13.6. The van der Waals surface area contributed by atoms with Crippen LogP contribution in [0, 0.1) is 11.7 Å². The molecule has 0 amide bonds. The molecule has 6 heteroatoms. The van der Waals surface area contributed by atoms with E-state index in [-0.39, 0.29) is 11.9 Å². The van der Waals surface area contributed by atoms with Crippen LogP contribution in [0.2, 0.25) is 0 Å². The van der Waals surface area contributed by atoms with Gasteiger partial charge in [0.05, 0.1) is 5.52 Å². The first kappa shape index (κ1) is 21.7. The Kier molecular flexibility index (Phi) is 6.20. The van der Waals surface area contributed by atoms with Gasteiger partial charge in [-0.2, -0.15) is 5.10 Å². The van der Waals surface area contributed by atoms with E-state index in [0.29, 0.717) is 12.0 Å². The minimum Gasteiger partial charge on any atom is -0.381 e. The van der Waals surface area contributed by atoms with Crippen molar-refractivity contribution in [3.05, 3.63) is 78.5 Å². The van der Waals surface area contributed by atoms with Crippen LogP contribution in [0.1, 0.15) is 38.3 Å². The molecule has 0 spiro atoms. The molecular formula is C27H29FN4O. The molecule has 5 nitrogen and oxygen atoms in total. The zero-order valence-electron chi connectivity index (χ0n) is 19.0. The topological polar surface area (TPSA) is 51.5 Å². The largest absolute Gasteiger partial charge is 0.381 e. The third kappa shape index (κ3) is 4.54. The van der Waals surface area contributed by atoms with E-state index in [2.05, 4.69) is 42.5 Å². The second-order valence-electron chi connectivity index (χ2n) is 8.89. The van der Waals surface area contributed by atoms with Gasteiger partial charge in [0.15, 0.2) is 0 Å². The van der Waals surface area contributed by atoms with E-state index < -0.39 is 0 Å². The summed E-state index contributed by atoms with van der Waals surface area (Å²) in [5, 5.41) is 8.71. The Balaban J connectivity index is 1.51. The summed E-state index contributed by atoms with van der Waals surface area (Å²) in [6.45, 7) is 6.18. The van der Waals surface area contributed by atoms with Gasteiger partial charge in [-0.05, 0) is 86.2 Å². The maximum atomic E-state index is 13.6. The van der Waals surface area contributed by atoms with Crippen LogP contribution in [-0.2, 0) is 4.74 Å². The van der Waals surface area contributed by atoms with E-state index in [1.807, 2.05) is 16.6 Å². The van der Waals surface area contributed by atoms with Gasteiger partial charge < -0.3 is 10.1 Å². The second kappa shape index (κ2) is 9.41. The fourth-order valence-corrected chi connectivity index (χ4v) is 4.78. The van der Waals surface area contributed by atoms with Crippen molar-refractivity contribution in [1.82, 2.24) is 19.9 Å². The van der Waals surface area contributed by atoms with E-state index in [0.717, 1.165) is 54.0 Å². The molecule has 2 atom stereocenters. The van der Waals surface area contributed by atoms with Crippen molar-refractivity contribution in [3.8, 4) is 22.4 Å². The standard InChI is InChI=1S/C27H29FN4O/c1-18(20-11-15-33-16-12-20)30-19(2)23-5-8-25-26(21-9-13-29-14-10-21)27(31-32(25)17-23)22-3-6-24(28)7-4-22/h3-10,13-14,17-20,30H,11-12,15-16H2,1-2H3/t18-,19+/m1/s1. The summed E-state index contributed by atoms with van der Waals surface area (Å²) in [6, 6.07) is 15.4. The number of ether oxygens (including phenoxy) is 1. The van der Waals surface area contributed by atoms with E-state index in [1.54, 1.807) is 24.5 Å². The lowest BCUT2D eigenvalue weighted by molar-refractivity contribution is 0.0547. The van der Waals surface area contributed by atoms with E-state index in [9.17, 15) is 4.39 Å². The first-order valence-corrected chi connectivity index (χ1v) is 11.6. The van der Waals surface area contributed by atoms with Crippen molar-refractivity contribution in [2.45, 2.75) is 38.8 Å². The number of fused-ring (bicyclic) bond motifs is 1. The van der Waals surface area contributed by atoms with Crippen LogP contribution in [0.15, 0.2) is 67.1 Å². The fraction of sp³-hybridized carbons (Fsp3) is 0.333. The average molecular weight is 445 g/mol. The number of aromatic nitrogens is 3. The number of benzene rings is 1. The van der Waals surface area contributed by atoms with Gasteiger partial charge in [-0.15, -0.1) is 0 Å². The molecule has 1 aliphatic heterocycles. The molecule has 4 aromatic rings. The van der Waals surface area contributed by atoms with E-state index in [1.165, 1.54) is 17.7 Å². The number of nitrogens with zero attached hydrogens (tertiary/aromatic N) is 3. The first-order valence-electron chi connectivity index (χ1n) is 11.6. The lowest BCUT2D eigenvalue weighted by Gasteiger charge is -2.30. The fourth-order valence-electron chi connectivity index (χ4n) is 4.78. The van der Waals surface area contributed by atoms with Crippen molar-refractivity contribution in [2.24, 2.45) is 5.92 Å². The van der Waals surface area contributed by atoms with Gasteiger partial charge in [-0.25, -0.2) is 8.91 Å². The monoisotopic (exact) mass is 444 g/mol. The van der Waals surface area contributed by atoms with Gasteiger partial charge in [0, 0.05) is 55.0 Å². The molecule has 5 rings (SSSR count). The number of pyridine rings is 2. The number of hydrogen-bond donors (Lipinski definition) is 1. The Hall–Kier alpha value is -3.09. The van der Waals surface area contributed by atoms with E-state index in [4.69, 9.17) is 9.84 Å². The molecule has 1 saturated heterocycles. The van der Waals surface area contributed by atoms with Crippen molar-refractivity contribution < 1.29 is 9.13 Å². The molecule has 0 aliphatic carbocycles. The highest BCUT2D eigenvalue weighted by Gasteiger charge is 2.23. The molecule has 0 unspecified atom stereocenters. The van der Waals surface area contributed by atoms with Gasteiger partial charge in [0.25, 0.3) is 0 Å². The normalized spacial score (nSPS) is 16.7. The lowest BCUT2D eigenvalue weighted by Crippen LogP contribution is -2.38. The summed E-state index contributed by atoms with van der Waals surface area (Å²) in [7, 11) is 0. The van der Waals surface area contributed by atoms with Crippen molar-refractivity contribution in [1.29, 1.82) is 0 Å². The summed E-state index contributed by atoms with van der Waals surface area (Å²) in [5.74, 6) is 0.381. The van der Waals surface area contributed by atoms with Gasteiger partial charge in [0.1, 0.15) is 11.5 Å². The molecule has 0 radical (unpaired) electrons. The first-order chi connectivity index (χ1) is 16.1. The summed E-state index contributed by atoms with van der Waals surface area (Å²) >= 11 is 0. The molecule has 170 valence electrons. The molecule has 0 saturated carbocycles. The van der Waals surface area contributed by atoms with Crippen LogP contribution in [0.25, 0.3) is 27.9 Å². The second-order valence-corrected chi connectivity index (χ2v) is 8.89. The minimum atomic E-state index is -0.256. The van der Waals surface area contributed by atoms with Crippen LogP contribution in [0.5, 0.6) is 0 Å². The molecule has 3 aromatic heterocycles. The lowest BCUT2D eigenvalue weighted by atomic mass is 9.92. The Labute approximate surface area is 193 Å². The Morgan fingerprint density at radius 2 is 1.70 bits per heavy atom. The molecule has 4 heterocycles. The molecule has 33 heavy (non-hydrogen) atoms. The zero-order chi connectivity index (χ0) is 22.8. The smallest absolute Gasteiger partial charge is 0.123 e.